The molecule has 0 unspecified atom stereocenters. The number of hydrogen-bond acceptors (Lipinski definition) is 3. The fourth-order valence-electron chi connectivity index (χ4n) is 1.96. The average Bonchev–Trinajstić information content (AvgIpc) is 2.37. The van der Waals surface area contributed by atoms with Crippen molar-refractivity contribution in [3.63, 3.8) is 0 Å². The van der Waals surface area contributed by atoms with Crippen LogP contribution in [0.4, 0.5) is 10.1 Å². The highest BCUT2D eigenvalue weighted by atomic mass is 19.1. The number of ether oxygens (including phenoxy) is 1. The van der Waals surface area contributed by atoms with Gasteiger partial charge in [-0.3, -0.25) is 4.90 Å². The maximum Gasteiger partial charge on any atom is 0.123 e. The van der Waals surface area contributed by atoms with Gasteiger partial charge in [-0.25, -0.2) is 4.39 Å². The summed E-state index contributed by atoms with van der Waals surface area (Å²) in [5.74, 6) is 0.440. The molecule has 0 spiro atoms. The molecule has 0 bridgehead atoms. The standard InChI is InChI=1S/C15H25FN2O/c1-13(2)12-18(10-11-19-3)9-8-17-15-6-4-14(16)5-7-15/h4-7,13,17H,8-12H2,1-3H3. The number of anilines is 1. The molecule has 19 heavy (non-hydrogen) atoms. The predicted octanol–water partition coefficient (Wildman–Crippen LogP) is 2.84. The Balaban J connectivity index is 2.32. The zero-order valence-corrected chi connectivity index (χ0v) is 12.2. The van der Waals surface area contributed by atoms with Crippen LogP contribution in [0.5, 0.6) is 0 Å². The van der Waals surface area contributed by atoms with Gasteiger partial charge in [-0.2, -0.15) is 0 Å². The van der Waals surface area contributed by atoms with Crippen molar-refractivity contribution in [3.8, 4) is 0 Å². The molecule has 1 aromatic carbocycles. The van der Waals surface area contributed by atoms with E-state index in [4.69, 9.17) is 4.74 Å². The fraction of sp³-hybridized carbons (Fsp3) is 0.600. The average molecular weight is 268 g/mol. The SMILES string of the molecule is COCCN(CCNc1ccc(F)cc1)CC(C)C. The third kappa shape index (κ3) is 7.13. The van der Waals surface area contributed by atoms with Crippen LogP contribution in [0.25, 0.3) is 0 Å². The van der Waals surface area contributed by atoms with Gasteiger partial charge in [-0.15, -0.1) is 0 Å². The van der Waals surface area contributed by atoms with Gasteiger partial charge in [-0.05, 0) is 30.2 Å². The van der Waals surface area contributed by atoms with Crippen LogP contribution in [0.2, 0.25) is 0 Å². The number of rotatable bonds is 9. The summed E-state index contributed by atoms with van der Waals surface area (Å²) in [4.78, 5) is 2.38. The van der Waals surface area contributed by atoms with Crippen LogP contribution in [0.15, 0.2) is 24.3 Å². The van der Waals surface area contributed by atoms with E-state index < -0.39 is 0 Å². The Labute approximate surface area is 115 Å². The maximum atomic E-state index is 12.8. The van der Waals surface area contributed by atoms with Crippen LogP contribution in [0.3, 0.4) is 0 Å². The highest BCUT2D eigenvalue weighted by Gasteiger charge is 2.06. The molecule has 0 saturated heterocycles. The minimum absolute atomic E-state index is 0.202. The summed E-state index contributed by atoms with van der Waals surface area (Å²) in [6.45, 7) is 9.00. The number of hydrogen-bond donors (Lipinski definition) is 1. The summed E-state index contributed by atoms with van der Waals surface area (Å²) in [7, 11) is 1.73. The predicted molar refractivity (Wildman–Crippen MR) is 78.0 cm³/mol. The van der Waals surface area contributed by atoms with Gasteiger partial charge >= 0.3 is 0 Å². The second kappa shape index (κ2) is 8.88. The summed E-state index contributed by atoms with van der Waals surface area (Å²) in [6, 6.07) is 6.47. The van der Waals surface area contributed by atoms with Gasteiger partial charge in [0.25, 0.3) is 0 Å². The van der Waals surface area contributed by atoms with Crippen LogP contribution < -0.4 is 5.32 Å². The first-order valence-electron chi connectivity index (χ1n) is 6.82. The van der Waals surface area contributed by atoms with Crippen LogP contribution in [-0.2, 0) is 4.74 Å². The maximum absolute atomic E-state index is 12.8. The lowest BCUT2D eigenvalue weighted by Gasteiger charge is -2.24. The smallest absolute Gasteiger partial charge is 0.123 e. The van der Waals surface area contributed by atoms with Crippen LogP contribution in [-0.4, -0.2) is 44.8 Å². The zero-order valence-electron chi connectivity index (χ0n) is 12.2. The van der Waals surface area contributed by atoms with Crippen molar-refractivity contribution in [2.75, 3.05) is 45.2 Å². The van der Waals surface area contributed by atoms with Gasteiger partial charge in [0.1, 0.15) is 5.82 Å². The Hall–Kier alpha value is -1.13. The lowest BCUT2D eigenvalue weighted by Crippen LogP contribution is -2.34. The van der Waals surface area contributed by atoms with Crippen molar-refractivity contribution in [3.05, 3.63) is 30.1 Å². The highest BCUT2D eigenvalue weighted by Crippen LogP contribution is 2.07. The minimum atomic E-state index is -0.202. The zero-order chi connectivity index (χ0) is 14.1. The second-order valence-electron chi connectivity index (χ2n) is 5.12. The first-order chi connectivity index (χ1) is 9.11. The lowest BCUT2D eigenvalue weighted by atomic mass is 10.2. The van der Waals surface area contributed by atoms with E-state index in [2.05, 4.69) is 24.1 Å². The minimum Gasteiger partial charge on any atom is -0.384 e. The molecule has 0 aliphatic rings. The number of benzene rings is 1. The number of nitrogens with one attached hydrogen (secondary N) is 1. The molecule has 1 rings (SSSR count). The molecule has 3 nitrogen and oxygen atoms in total. The lowest BCUT2D eigenvalue weighted by molar-refractivity contribution is 0.143. The van der Waals surface area contributed by atoms with Crippen molar-refractivity contribution in [1.82, 2.24) is 4.90 Å². The normalized spacial score (nSPS) is 11.3. The highest BCUT2D eigenvalue weighted by molar-refractivity contribution is 5.42. The number of nitrogens with zero attached hydrogens (tertiary/aromatic N) is 1. The van der Waals surface area contributed by atoms with Crippen molar-refractivity contribution in [2.45, 2.75) is 13.8 Å². The molecule has 4 heteroatoms. The van der Waals surface area contributed by atoms with Gasteiger partial charge in [0, 0.05) is 39.0 Å². The van der Waals surface area contributed by atoms with E-state index in [1.807, 2.05) is 0 Å². The Kier molecular flexibility index (Phi) is 7.45. The van der Waals surface area contributed by atoms with Crippen molar-refractivity contribution < 1.29 is 9.13 Å². The molecule has 1 aromatic rings. The Morgan fingerprint density at radius 1 is 1.21 bits per heavy atom. The molecule has 0 atom stereocenters. The van der Waals surface area contributed by atoms with Gasteiger partial charge in [0.2, 0.25) is 0 Å². The molecule has 0 aromatic heterocycles. The third-order valence-corrected chi connectivity index (χ3v) is 2.84. The molecular weight excluding hydrogens is 243 g/mol. The van der Waals surface area contributed by atoms with E-state index in [0.29, 0.717) is 5.92 Å². The summed E-state index contributed by atoms with van der Waals surface area (Å²) in [5, 5.41) is 3.30. The molecule has 0 aliphatic heterocycles. The van der Waals surface area contributed by atoms with Crippen LogP contribution in [0, 0.1) is 11.7 Å². The van der Waals surface area contributed by atoms with E-state index in [0.717, 1.165) is 38.5 Å². The van der Waals surface area contributed by atoms with Gasteiger partial charge in [0.15, 0.2) is 0 Å². The van der Waals surface area contributed by atoms with Crippen molar-refractivity contribution in [2.24, 2.45) is 5.92 Å². The molecular formula is C15H25FN2O. The van der Waals surface area contributed by atoms with Crippen molar-refractivity contribution >= 4 is 5.69 Å². The third-order valence-electron chi connectivity index (χ3n) is 2.84. The number of halogens is 1. The second-order valence-corrected chi connectivity index (χ2v) is 5.12. The summed E-state index contributed by atoms with van der Waals surface area (Å²) in [6.07, 6.45) is 0. The molecule has 0 saturated carbocycles. The Bertz CT molecular complexity index is 341. The van der Waals surface area contributed by atoms with E-state index in [9.17, 15) is 4.39 Å². The Morgan fingerprint density at radius 3 is 2.47 bits per heavy atom. The summed E-state index contributed by atoms with van der Waals surface area (Å²) >= 11 is 0. The summed E-state index contributed by atoms with van der Waals surface area (Å²) in [5.41, 5.74) is 0.956. The summed E-state index contributed by atoms with van der Waals surface area (Å²) < 4.78 is 17.9. The van der Waals surface area contributed by atoms with E-state index >= 15 is 0 Å². The van der Waals surface area contributed by atoms with E-state index in [-0.39, 0.29) is 5.82 Å². The molecule has 0 aliphatic carbocycles. The molecule has 108 valence electrons. The molecule has 0 heterocycles. The molecule has 1 N–H and O–H groups in total. The van der Waals surface area contributed by atoms with Gasteiger partial charge < -0.3 is 10.1 Å². The largest absolute Gasteiger partial charge is 0.384 e. The monoisotopic (exact) mass is 268 g/mol. The van der Waals surface area contributed by atoms with E-state index in [1.54, 1.807) is 19.2 Å². The van der Waals surface area contributed by atoms with Crippen LogP contribution in [0.1, 0.15) is 13.8 Å². The topological polar surface area (TPSA) is 24.5 Å². The molecule has 0 radical (unpaired) electrons. The molecule has 0 amide bonds. The van der Waals surface area contributed by atoms with Crippen LogP contribution >= 0.6 is 0 Å². The first kappa shape index (κ1) is 15.9. The number of methoxy groups -OCH3 is 1. The Morgan fingerprint density at radius 2 is 1.89 bits per heavy atom. The van der Waals surface area contributed by atoms with Crippen molar-refractivity contribution in [1.29, 1.82) is 0 Å². The first-order valence-corrected chi connectivity index (χ1v) is 6.82. The van der Waals surface area contributed by atoms with Gasteiger partial charge in [0.05, 0.1) is 6.61 Å². The van der Waals surface area contributed by atoms with Gasteiger partial charge in [-0.1, -0.05) is 13.8 Å². The fourth-order valence-corrected chi connectivity index (χ4v) is 1.96. The molecule has 0 fully saturated rings. The quantitative estimate of drug-likeness (QED) is 0.745. The van der Waals surface area contributed by atoms with E-state index in [1.165, 1.54) is 12.1 Å².